The molecule has 0 aliphatic rings. The van der Waals surface area contributed by atoms with Crippen LogP contribution in [-0.4, -0.2) is 24.0 Å². The quantitative estimate of drug-likeness (QED) is 0.324. The molecule has 0 spiro atoms. The van der Waals surface area contributed by atoms with E-state index in [-0.39, 0.29) is 22.1 Å². The van der Waals surface area contributed by atoms with Crippen molar-refractivity contribution in [3.63, 3.8) is 0 Å². The van der Waals surface area contributed by atoms with Gasteiger partial charge in [0.25, 0.3) is 0 Å². The zero-order valence-electron chi connectivity index (χ0n) is 19.8. The van der Waals surface area contributed by atoms with Crippen LogP contribution in [-0.2, 0) is 17.2 Å². The molecular formula is C25H27ClN2O4S. The minimum Gasteiger partial charge on any atom is -0.358 e. The summed E-state index contributed by atoms with van der Waals surface area (Å²) < 4.78 is 32.5. The number of hydrogen-bond acceptors (Lipinski definition) is 5. The van der Waals surface area contributed by atoms with Gasteiger partial charge in [-0.25, -0.2) is 4.68 Å². The Labute approximate surface area is 200 Å². The van der Waals surface area contributed by atoms with Crippen molar-refractivity contribution < 1.29 is 17.4 Å². The third-order valence-corrected chi connectivity index (χ3v) is 7.22. The van der Waals surface area contributed by atoms with Crippen LogP contribution in [0.1, 0.15) is 59.1 Å². The van der Waals surface area contributed by atoms with Crippen LogP contribution in [0.15, 0.2) is 46.9 Å². The Balaban J connectivity index is 2.13. The lowest BCUT2D eigenvalue weighted by Crippen LogP contribution is -2.15. The van der Waals surface area contributed by atoms with E-state index >= 15 is 0 Å². The summed E-state index contributed by atoms with van der Waals surface area (Å²) in [6.07, 6.45) is 0. The molecule has 0 aliphatic carbocycles. The van der Waals surface area contributed by atoms with Crippen molar-refractivity contribution in [1.82, 2.24) is 9.78 Å². The Bertz CT molecular complexity index is 1380. The van der Waals surface area contributed by atoms with Crippen molar-refractivity contribution >= 4 is 33.1 Å². The molecule has 1 aromatic heterocycles. The van der Waals surface area contributed by atoms with Crippen molar-refractivity contribution in [3.8, 4) is 5.88 Å². The van der Waals surface area contributed by atoms with Gasteiger partial charge < -0.3 is 4.18 Å². The summed E-state index contributed by atoms with van der Waals surface area (Å²) in [5, 5.41) is 4.80. The van der Waals surface area contributed by atoms with Crippen LogP contribution in [0.4, 0.5) is 0 Å². The largest absolute Gasteiger partial charge is 0.358 e. The van der Waals surface area contributed by atoms with Gasteiger partial charge in [0.15, 0.2) is 0 Å². The molecule has 174 valence electrons. The molecular weight excluding hydrogens is 460 g/mol. The first kappa shape index (κ1) is 24.7. The summed E-state index contributed by atoms with van der Waals surface area (Å²) in [6, 6.07) is 9.62. The van der Waals surface area contributed by atoms with Gasteiger partial charge in [-0.05, 0) is 82.5 Å². The molecule has 0 aliphatic heterocycles. The van der Waals surface area contributed by atoms with Crippen LogP contribution in [0.3, 0.4) is 0 Å². The molecule has 0 bridgehead atoms. The fourth-order valence-corrected chi connectivity index (χ4v) is 4.93. The molecule has 0 fully saturated rings. The average Bonchev–Trinajstić information content (AvgIpc) is 3.00. The normalized spacial score (nSPS) is 11.4. The highest BCUT2D eigenvalue weighted by Crippen LogP contribution is 2.34. The molecule has 6 nitrogen and oxygen atoms in total. The first-order valence-corrected chi connectivity index (χ1v) is 12.2. The number of carbonyl (C=O) groups excluding carboxylic acids is 1. The van der Waals surface area contributed by atoms with Gasteiger partial charge in [-0.2, -0.15) is 13.5 Å². The Hall–Kier alpha value is -2.90. The highest BCUT2D eigenvalue weighted by molar-refractivity contribution is 7.87. The van der Waals surface area contributed by atoms with Crippen LogP contribution >= 0.6 is 11.6 Å². The SMILES string of the molecule is CC(C)=C(C)c1c(Cl)ccc(C(=O)c2c(C)nn(C)c2OS(=O)(=O)c2ccc(C)cc2)c1C. The monoisotopic (exact) mass is 486 g/mol. The summed E-state index contributed by atoms with van der Waals surface area (Å²) in [5.74, 6) is -0.514. The van der Waals surface area contributed by atoms with Gasteiger partial charge in [0.05, 0.1) is 5.69 Å². The molecule has 2 aromatic carbocycles. The van der Waals surface area contributed by atoms with Crippen LogP contribution in [0.2, 0.25) is 5.02 Å². The van der Waals surface area contributed by atoms with Crippen molar-refractivity contribution in [3.05, 3.63) is 80.5 Å². The average molecular weight is 487 g/mol. The molecule has 0 unspecified atom stereocenters. The second kappa shape index (κ2) is 9.15. The molecule has 0 amide bonds. The van der Waals surface area contributed by atoms with Gasteiger partial charge >= 0.3 is 10.1 Å². The van der Waals surface area contributed by atoms with Crippen LogP contribution < -0.4 is 4.18 Å². The summed E-state index contributed by atoms with van der Waals surface area (Å²) in [7, 11) is -2.63. The lowest BCUT2D eigenvalue weighted by Gasteiger charge is -2.15. The Morgan fingerprint density at radius 2 is 1.58 bits per heavy atom. The number of allylic oxidation sites excluding steroid dienone is 2. The summed E-state index contributed by atoms with van der Waals surface area (Å²) in [6.45, 7) is 11.2. The summed E-state index contributed by atoms with van der Waals surface area (Å²) in [5.41, 5.74) is 5.35. The number of aromatic nitrogens is 2. The molecule has 3 rings (SSSR count). The van der Waals surface area contributed by atoms with E-state index in [0.29, 0.717) is 21.8 Å². The van der Waals surface area contributed by atoms with Crippen molar-refractivity contribution in [2.75, 3.05) is 0 Å². The summed E-state index contributed by atoms with van der Waals surface area (Å²) in [4.78, 5) is 13.7. The molecule has 0 saturated carbocycles. The second-order valence-corrected chi connectivity index (χ2v) is 10.2. The van der Waals surface area contributed by atoms with E-state index in [4.69, 9.17) is 15.8 Å². The first-order chi connectivity index (χ1) is 15.3. The maximum atomic E-state index is 13.7. The topological polar surface area (TPSA) is 78.3 Å². The fraction of sp³-hybridized carbons (Fsp3) is 0.280. The minimum atomic E-state index is -4.17. The molecule has 33 heavy (non-hydrogen) atoms. The van der Waals surface area contributed by atoms with E-state index in [0.717, 1.165) is 22.3 Å². The van der Waals surface area contributed by atoms with Crippen LogP contribution in [0, 0.1) is 20.8 Å². The van der Waals surface area contributed by atoms with Gasteiger partial charge in [0.2, 0.25) is 11.7 Å². The highest BCUT2D eigenvalue weighted by Gasteiger charge is 2.29. The molecule has 0 radical (unpaired) electrons. The van der Waals surface area contributed by atoms with E-state index in [2.05, 4.69) is 5.10 Å². The van der Waals surface area contributed by atoms with E-state index in [9.17, 15) is 13.2 Å². The molecule has 0 atom stereocenters. The molecule has 0 saturated heterocycles. The van der Waals surface area contributed by atoms with E-state index < -0.39 is 10.1 Å². The number of rotatable bonds is 6. The number of hydrogen-bond donors (Lipinski definition) is 0. The zero-order chi connectivity index (χ0) is 24.7. The number of nitrogens with zero attached hydrogens (tertiary/aromatic N) is 2. The standard InChI is InChI=1S/C25H27ClN2O4S/c1-14(2)16(4)22-17(5)20(12-13-21(22)26)24(29)23-18(6)27-28(7)25(23)32-33(30,31)19-10-8-15(3)9-11-19/h8-13H,1-7H3. The number of halogens is 1. The Morgan fingerprint density at radius 3 is 2.15 bits per heavy atom. The first-order valence-electron chi connectivity index (χ1n) is 10.4. The van der Waals surface area contributed by atoms with Gasteiger partial charge in [0.1, 0.15) is 10.5 Å². The third-order valence-electron chi connectivity index (χ3n) is 5.68. The van der Waals surface area contributed by atoms with Crippen LogP contribution in [0.25, 0.3) is 5.57 Å². The van der Waals surface area contributed by atoms with E-state index in [1.807, 2.05) is 34.6 Å². The maximum Gasteiger partial charge on any atom is 0.340 e. The van der Waals surface area contributed by atoms with Crippen molar-refractivity contribution in [2.45, 2.75) is 46.4 Å². The highest BCUT2D eigenvalue weighted by atomic mass is 35.5. The van der Waals surface area contributed by atoms with Crippen LogP contribution in [0.5, 0.6) is 5.88 Å². The maximum absolute atomic E-state index is 13.7. The summed E-state index contributed by atoms with van der Waals surface area (Å²) >= 11 is 6.46. The molecule has 0 N–H and O–H groups in total. The second-order valence-electron chi connectivity index (χ2n) is 8.29. The smallest absolute Gasteiger partial charge is 0.340 e. The number of carbonyl (C=O) groups is 1. The van der Waals surface area contributed by atoms with E-state index in [1.54, 1.807) is 31.2 Å². The fourth-order valence-electron chi connectivity index (χ4n) is 3.62. The van der Waals surface area contributed by atoms with Gasteiger partial charge in [0, 0.05) is 17.6 Å². The zero-order valence-corrected chi connectivity index (χ0v) is 21.4. The van der Waals surface area contributed by atoms with Gasteiger partial charge in [-0.1, -0.05) is 34.9 Å². The Morgan fingerprint density at radius 1 is 0.970 bits per heavy atom. The predicted octanol–water partition coefficient (Wildman–Crippen LogP) is 5.81. The molecule has 3 aromatic rings. The number of aryl methyl sites for hydroxylation is 3. The number of ketones is 1. The lowest BCUT2D eigenvalue weighted by molar-refractivity contribution is 0.103. The van der Waals surface area contributed by atoms with Crippen molar-refractivity contribution in [1.29, 1.82) is 0 Å². The van der Waals surface area contributed by atoms with Gasteiger partial charge in [-0.3, -0.25) is 4.79 Å². The molecule has 8 heteroatoms. The predicted molar refractivity (Wildman–Crippen MR) is 131 cm³/mol. The van der Waals surface area contributed by atoms with Crippen molar-refractivity contribution in [2.24, 2.45) is 7.05 Å². The lowest BCUT2D eigenvalue weighted by atomic mass is 9.91. The minimum absolute atomic E-state index is 0.00510. The Kier molecular flexibility index (Phi) is 6.86. The van der Waals surface area contributed by atoms with Gasteiger partial charge in [-0.15, -0.1) is 0 Å². The number of benzene rings is 2. The molecule has 1 heterocycles. The van der Waals surface area contributed by atoms with E-state index in [1.165, 1.54) is 23.9 Å². The third kappa shape index (κ3) is 4.75.